The number of carboxylic acid groups (broad SMARTS) is 1. The van der Waals surface area contributed by atoms with Crippen LogP contribution in [0.4, 0.5) is 4.79 Å². The Balaban J connectivity index is 1.69. The monoisotopic (exact) mass is 371 g/mol. The first-order valence-corrected chi connectivity index (χ1v) is 9.05. The Morgan fingerprint density at radius 2 is 1.85 bits per heavy atom. The van der Waals surface area contributed by atoms with E-state index in [0.717, 1.165) is 16.3 Å². The summed E-state index contributed by atoms with van der Waals surface area (Å²) in [5.41, 5.74) is 0.359. The molecule has 0 aliphatic carbocycles. The molecule has 2 aromatic carbocycles. The van der Waals surface area contributed by atoms with Crippen LogP contribution in [0.15, 0.2) is 42.5 Å². The molecule has 1 aliphatic heterocycles. The van der Waals surface area contributed by atoms with E-state index < -0.39 is 23.7 Å². The molecule has 0 spiro atoms. The summed E-state index contributed by atoms with van der Waals surface area (Å²) >= 11 is 0. The molecule has 0 radical (unpaired) electrons. The van der Waals surface area contributed by atoms with Gasteiger partial charge in [0.2, 0.25) is 0 Å². The average molecular weight is 371 g/mol. The van der Waals surface area contributed by atoms with Crippen LogP contribution in [0.25, 0.3) is 10.8 Å². The zero-order chi connectivity index (χ0) is 19.6. The molecule has 1 saturated heterocycles. The van der Waals surface area contributed by atoms with Crippen LogP contribution in [-0.2, 0) is 20.9 Å². The van der Waals surface area contributed by atoms with Crippen molar-refractivity contribution in [3.63, 3.8) is 0 Å². The third kappa shape index (κ3) is 4.57. The van der Waals surface area contributed by atoms with Crippen LogP contribution in [0.3, 0.4) is 0 Å². The molecular formula is C21H25NO5. The minimum Gasteiger partial charge on any atom is -0.480 e. The predicted octanol–water partition coefficient (Wildman–Crippen LogP) is 3.82. The van der Waals surface area contributed by atoms with E-state index in [0.29, 0.717) is 6.61 Å². The molecule has 1 N–H and O–H groups in total. The summed E-state index contributed by atoms with van der Waals surface area (Å²) in [7, 11) is 0. The molecule has 6 heteroatoms. The number of carboxylic acids is 1. The van der Waals surface area contributed by atoms with Crippen molar-refractivity contribution in [1.29, 1.82) is 0 Å². The van der Waals surface area contributed by atoms with Crippen LogP contribution in [-0.4, -0.2) is 46.4 Å². The van der Waals surface area contributed by atoms with Gasteiger partial charge in [-0.1, -0.05) is 42.5 Å². The van der Waals surface area contributed by atoms with Gasteiger partial charge in [-0.15, -0.1) is 0 Å². The highest BCUT2D eigenvalue weighted by atomic mass is 16.6. The molecule has 27 heavy (non-hydrogen) atoms. The lowest BCUT2D eigenvalue weighted by Crippen LogP contribution is -2.43. The molecule has 2 atom stereocenters. The Hall–Kier alpha value is -2.60. The summed E-state index contributed by atoms with van der Waals surface area (Å²) in [6.45, 7) is 5.83. The first-order chi connectivity index (χ1) is 12.7. The number of benzene rings is 2. The highest BCUT2D eigenvalue weighted by molar-refractivity contribution is 5.85. The van der Waals surface area contributed by atoms with Crippen LogP contribution >= 0.6 is 0 Å². The number of fused-ring (bicyclic) bond motifs is 1. The van der Waals surface area contributed by atoms with Crippen molar-refractivity contribution in [2.75, 3.05) is 6.54 Å². The van der Waals surface area contributed by atoms with Crippen LogP contribution in [0, 0.1) is 0 Å². The van der Waals surface area contributed by atoms with Gasteiger partial charge in [-0.3, -0.25) is 4.90 Å². The van der Waals surface area contributed by atoms with Gasteiger partial charge in [0.05, 0.1) is 19.3 Å². The number of carbonyl (C=O) groups excluding carboxylic acids is 1. The maximum atomic E-state index is 12.4. The first-order valence-electron chi connectivity index (χ1n) is 9.05. The Morgan fingerprint density at radius 1 is 1.15 bits per heavy atom. The van der Waals surface area contributed by atoms with Gasteiger partial charge in [0.15, 0.2) is 0 Å². The van der Waals surface area contributed by atoms with Crippen molar-refractivity contribution in [1.82, 2.24) is 4.90 Å². The number of amides is 1. The number of hydrogen-bond donors (Lipinski definition) is 1. The number of hydrogen-bond acceptors (Lipinski definition) is 4. The van der Waals surface area contributed by atoms with E-state index in [9.17, 15) is 14.7 Å². The minimum atomic E-state index is -1.04. The van der Waals surface area contributed by atoms with Gasteiger partial charge >= 0.3 is 12.1 Å². The highest BCUT2D eigenvalue weighted by Crippen LogP contribution is 2.26. The van der Waals surface area contributed by atoms with Crippen molar-refractivity contribution >= 4 is 22.8 Å². The van der Waals surface area contributed by atoms with E-state index >= 15 is 0 Å². The van der Waals surface area contributed by atoms with E-state index in [1.165, 1.54) is 4.90 Å². The van der Waals surface area contributed by atoms with Crippen molar-refractivity contribution in [3.05, 3.63) is 48.0 Å². The van der Waals surface area contributed by atoms with Crippen molar-refractivity contribution in [3.8, 4) is 0 Å². The van der Waals surface area contributed by atoms with Gasteiger partial charge in [-0.25, -0.2) is 9.59 Å². The molecule has 0 aromatic heterocycles. The van der Waals surface area contributed by atoms with E-state index in [-0.39, 0.29) is 19.1 Å². The molecule has 6 nitrogen and oxygen atoms in total. The standard InChI is InChI=1S/C21H25NO5/c1-21(2,3)27-20(25)22-12-16(11-18(22)19(23)24)26-13-15-9-6-8-14-7-4-5-10-17(14)15/h4-10,16,18H,11-13H2,1-3H3,(H,23,24)/t16-,18+/m1/s1. The molecule has 0 unspecified atom stereocenters. The maximum absolute atomic E-state index is 12.4. The van der Waals surface area contributed by atoms with Gasteiger partial charge in [-0.05, 0) is 37.1 Å². The molecule has 2 aromatic rings. The fourth-order valence-electron chi connectivity index (χ4n) is 3.30. The van der Waals surface area contributed by atoms with Crippen molar-refractivity contribution < 1.29 is 24.2 Å². The zero-order valence-electron chi connectivity index (χ0n) is 15.8. The summed E-state index contributed by atoms with van der Waals surface area (Å²) in [5, 5.41) is 11.7. The van der Waals surface area contributed by atoms with Crippen molar-refractivity contribution in [2.45, 2.75) is 51.5 Å². The third-order valence-electron chi connectivity index (χ3n) is 4.53. The number of nitrogens with zero attached hydrogens (tertiary/aromatic N) is 1. The topological polar surface area (TPSA) is 76.1 Å². The van der Waals surface area contributed by atoms with E-state index in [2.05, 4.69) is 0 Å². The Labute approximate surface area is 158 Å². The Bertz CT molecular complexity index is 837. The summed E-state index contributed by atoms with van der Waals surface area (Å²) < 4.78 is 11.3. The predicted molar refractivity (Wildman–Crippen MR) is 102 cm³/mol. The number of carbonyl (C=O) groups is 2. The molecule has 1 aliphatic rings. The normalized spacial score (nSPS) is 20.0. The lowest BCUT2D eigenvalue weighted by molar-refractivity contribution is -0.142. The quantitative estimate of drug-likeness (QED) is 0.884. The second kappa shape index (κ2) is 7.56. The fraction of sp³-hybridized carbons (Fsp3) is 0.429. The molecule has 144 valence electrons. The number of rotatable bonds is 4. The van der Waals surface area contributed by atoms with E-state index in [4.69, 9.17) is 9.47 Å². The molecule has 3 rings (SSSR count). The maximum Gasteiger partial charge on any atom is 0.411 e. The van der Waals surface area contributed by atoms with Crippen LogP contribution in [0.1, 0.15) is 32.8 Å². The van der Waals surface area contributed by atoms with Crippen molar-refractivity contribution in [2.24, 2.45) is 0 Å². The molecule has 1 heterocycles. The summed E-state index contributed by atoms with van der Waals surface area (Å²) in [4.78, 5) is 25.2. The van der Waals surface area contributed by atoms with Gasteiger partial charge in [0.1, 0.15) is 11.6 Å². The van der Waals surface area contributed by atoms with Crippen LogP contribution < -0.4 is 0 Å². The van der Waals surface area contributed by atoms with Gasteiger partial charge < -0.3 is 14.6 Å². The molecule has 1 amide bonds. The molecule has 1 fully saturated rings. The lowest BCUT2D eigenvalue weighted by atomic mass is 10.1. The summed E-state index contributed by atoms with van der Waals surface area (Å²) in [5.74, 6) is -1.04. The van der Waals surface area contributed by atoms with Gasteiger partial charge in [0.25, 0.3) is 0 Å². The largest absolute Gasteiger partial charge is 0.480 e. The number of aliphatic carboxylic acids is 1. The van der Waals surface area contributed by atoms with Crippen LogP contribution in [0.2, 0.25) is 0 Å². The fourth-order valence-corrected chi connectivity index (χ4v) is 3.30. The van der Waals surface area contributed by atoms with Gasteiger partial charge in [-0.2, -0.15) is 0 Å². The first kappa shape index (κ1) is 19.2. The average Bonchev–Trinajstić information content (AvgIpc) is 3.03. The molecular weight excluding hydrogens is 346 g/mol. The second-order valence-corrected chi connectivity index (χ2v) is 7.79. The molecule has 0 bridgehead atoms. The zero-order valence-corrected chi connectivity index (χ0v) is 15.8. The summed E-state index contributed by atoms with van der Waals surface area (Å²) in [6.07, 6.45) is -0.719. The second-order valence-electron chi connectivity index (χ2n) is 7.79. The lowest BCUT2D eigenvalue weighted by Gasteiger charge is -2.26. The number of ether oxygens (including phenoxy) is 2. The van der Waals surface area contributed by atoms with Gasteiger partial charge in [0, 0.05) is 6.42 Å². The SMILES string of the molecule is CC(C)(C)OC(=O)N1C[C@H](OCc2cccc3ccccc23)C[C@H]1C(=O)O. The molecule has 0 saturated carbocycles. The van der Waals surface area contributed by atoms with E-state index in [1.54, 1.807) is 20.8 Å². The smallest absolute Gasteiger partial charge is 0.411 e. The summed E-state index contributed by atoms with van der Waals surface area (Å²) in [6, 6.07) is 13.1. The van der Waals surface area contributed by atoms with E-state index in [1.807, 2.05) is 42.5 Å². The highest BCUT2D eigenvalue weighted by Gasteiger charge is 2.42. The number of likely N-dealkylation sites (tertiary alicyclic amines) is 1. The van der Waals surface area contributed by atoms with Crippen LogP contribution in [0.5, 0.6) is 0 Å². The third-order valence-corrected chi connectivity index (χ3v) is 4.53. The minimum absolute atomic E-state index is 0.205. The Kier molecular flexibility index (Phi) is 5.37. The Morgan fingerprint density at radius 3 is 2.56 bits per heavy atom.